The molecule has 0 spiro atoms. The monoisotopic (exact) mass is 336 g/mol. The number of carbonyl (C=O) groups is 2. The number of halogens is 5. The second kappa shape index (κ2) is 5.98. The summed E-state index contributed by atoms with van der Waals surface area (Å²) in [6.07, 6.45) is 0. The van der Waals surface area contributed by atoms with Crippen molar-refractivity contribution in [3.63, 3.8) is 0 Å². The van der Waals surface area contributed by atoms with Crippen LogP contribution in [-0.2, 0) is 0 Å². The highest BCUT2D eigenvalue weighted by Gasteiger charge is 2.21. The molecule has 17 heavy (non-hydrogen) atoms. The Bertz CT molecular complexity index is 447. The van der Waals surface area contributed by atoms with Crippen LogP contribution in [-0.4, -0.2) is 10.9 Å². The van der Waals surface area contributed by atoms with Gasteiger partial charge in [-0.05, 0) is 6.07 Å². The normalized spacial score (nSPS) is 9.94. The van der Waals surface area contributed by atoms with E-state index in [4.69, 9.17) is 58.0 Å². The average molecular weight is 338 g/mol. The smallest absolute Gasteiger partial charge is 0.409 e. The molecule has 0 saturated carbocycles. The van der Waals surface area contributed by atoms with Gasteiger partial charge in [-0.25, -0.2) is 9.59 Å². The highest BCUT2D eigenvalue weighted by Crippen LogP contribution is 2.45. The van der Waals surface area contributed by atoms with Gasteiger partial charge in [0.05, 0.1) is 10.0 Å². The van der Waals surface area contributed by atoms with Gasteiger partial charge in [0.25, 0.3) is 0 Å². The number of ether oxygens (including phenoxy) is 2. The minimum atomic E-state index is -1.17. The molecule has 0 aromatic heterocycles. The fraction of sp³-hybridized carbons (Fsp3) is 0. The minimum Gasteiger partial charge on any atom is -0.411 e. The Balaban J connectivity index is 3.31. The molecular formula is C8HCl5O4. The van der Waals surface area contributed by atoms with Crippen molar-refractivity contribution < 1.29 is 19.1 Å². The largest absolute Gasteiger partial charge is 0.411 e. The van der Waals surface area contributed by atoms with Gasteiger partial charge in [-0.15, -0.1) is 0 Å². The van der Waals surface area contributed by atoms with Crippen molar-refractivity contribution in [2.24, 2.45) is 0 Å². The molecule has 0 atom stereocenters. The molecule has 0 N–H and O–H groups in total. The Kier molecular flexibility index (Phi) is 5.16. The number of rotatable bonds is 2. The van der Waals surface area contributed by atoms with Gasteiger partial charge in [-0.1, -0.05) is 34.8 Å². The Morgan fingerprint density at radius 2 is 1.24 bits per heavy atom. The molecule has 92 valence electrons. The van der Waals surface area contributed by atoms with Crippen LogP contribution >= 0.6 is 58.0 Å². The Morgan fingerprint density at radius 3 is 1.53 bits per heavy atom. The molecule has 0 fully saturated rings. The second-order valence-corrected chi connectivity index (χ2v) is 4.30. The molecule has 9 heteroatoms. The lowest BCUT2D eigenvalue weighted by atomic mass is 10.3. The van der Waals surface area contributed by atoms with Gasteiger partial charge in [0.1, 0.15) is 5.02 Å². The Labute approximate surface area is 120 Å². The van der Waals surface area contributed by atoms with Gasteiger partial charge < -0.3 is 9.47 Å². The summed E-state index contributed by atoms with van der Waals surface area (Å²) >= 11 is 27.2. The van der Waals surface area contributed by atoms with E-state index < -0.39 is 10.9 Å². The minimum absolute atomic E-state index is 0.0802. The van der Waals surface area contributed by atoms with Crippen LogP contribution < -0.4 is 9.47 Å². The zero-order valence-corrected chi connectivity index (χ0v) is 11.4. The van der Waals surface area contributed by atoms with Gasteiger partial charge in [0, 0.05) is 23.2 Å². The van der Waals surface area contributed by atoms with Crippen LogP contribution in [0.4, 0.5) is 9.59 Å². The molecule has 1 aromatic rings. The maximum Gasteiger partial charge on any atom is 0.409 e. The third kappa shape index (κ3) is 3.79. The summed E-state index contributed by atoms with van der Waals surface area (Å²) in [4.78, 5) is 21.2. The summed E-state index contributed by atoms with van der Waals surface area (Å²) in [6.45, 7) is 0. The van der Waals surface area contributed by atoms with E-state index in [0.29, 0.717) is 0 Å². The molecule has 0 aliphatic heterocycles. The highest BCUT2D eigenvalue weighted by atomic mass is 35.5. The van der Waals surface area contributed by atoms with Crippen molar-refractivity contribution in [3.8, 4) is 11.5 Å². The SMILES string of the molecule is O=C(Cl)Oc1c(Cl)cc(Cl)c(OC(=O)Cl)c1Cl. The van der Waals surface area contributed by atoms with E-state index in [1.165, 1.54) is 0 Å². The van der Waals surface area contributed by atoms with Crippen LogP contribution in [0.1, 0.15) is 0 Å². The van der Waals surface area contributed by atoms with Crippen LogP contribution in [0.25, 0.3) is 0 Å². The van der Waals surface area contributed by atoms with Crippen LogP contribution in [0.2, 0.25) is 15.1 Å². The zero-order chi connectivity index (χ0) is 13.2. The highest BCUT2D eigenvalue weighted by molar-refractivity contribution is 6.62. The van der Waals surface area contributed by atoms with Gasteiger partial charge in [-0.3, -0.25) is 0 Å². The van der Waals surface area contributed by atoms with Gasteiger partial charge in [0.2, 0.25) is 0 Å². The maximum atomic E-state index is 10.6. The van der Waals surface area contributed by atoms with Crippen LogP contribution in [0.5, 0.6) is 11.5 Å². The van der Waals surface area contributed by atoms with Crippen LogP contribution in [0.15, 0.2) is 6.07 Å². The summed E-state index contributed by atoms with van der Waals surface area (Å²) in [5.41, 5.74) is -2.33. The zero-order valence-electron chi connectivity index (χ0n) is 7.60. The summed E-state index contributed by atoms with van der Waals surface area (Å²) in [5.74, 6) is -0.573. The summed E-state index contributed by atoms with van der Waals surface area (Å²) in [5, 5.41) is -0.461. The number of carbonyl (C=O) groups excluding carboxylic acids is 2. The lowest BCUT2D eigenvalue weighted by Gasteiger charge is -2.10. The first-order valence-electron chi connectivity index (χ1n) is 3.75. The van der Waals surface area contributed by atoms with Crippen molar-refractivity contribution in [2.45, 2.75) is 0 Å². The Morgan fingerprint density at radius 1 is 0.882 bits per heavy atom. The van der Waals surface area contributed by atoms with Crippen LogP contribution in [0, 0.1) is 0 Å². The van der Waals surface area contributed by atoms with Crippen molar-refractivity contribution in [1.82, 2.24) is 0 Å². The molecule has 0 bridgehead atoms. The topological polar surface area (TPSA) is 52.6 Å². The van der Waals surface area contributed by atoms with E-state index in [9.17, 15) is 9.59 Å². The number of hydrogen-bond donors (Lipinski definition) is 0. The molecular weight excluding hydrogens is 337 g/mol. The predicted octanol–water partition coefficient (Wildman–Crippen LogP) is 5.12. The first-order chi connectivity index (χ1) is 7.82. The number of hydrogen-bond acceptors (Lipinski definition) is 4. The average Bonchev–Trinajstić information content (AvgIpc) is 2.18. The third-order valence-electron chi connectivity index (χ3n) is 1.45. The van der Waals surface area contributed by atoms with Crippen molar-refractivity contribution in [3.05, 3.63) is 21.1 Å². The molecule has 0 saturated heterocycles. The van der Waals surface area contributed by atoms with Gasteiger partial charge >= 0.3 is 10.9 Å². The van der Waals surface area contributed by atoms with E-state index in [-0.39, 0.29) is 26.6 Å². The molecule has 0 radical (unpaired) electrons. The van der Waals surface area contributed by atoms with E-state index >= 15 is 0 Å². The second-order valence-electron chi connectivity index (χ2n) is 2.49. The predicted molar refractivity (Wildman–Crippen MR) is 65.2 cm³/mol. The first-order valence-corrected chi connectivity index (χ1v) is 5.64. The standard InChI is InChI=1S/C8HCl5O4/c9-2-1-3(10)6(17-8(13)15)4(11)5(2)16-7(12)14/h1H. The molecule has 0 unspecified atom stereocenters. The summed E-state index contributed by atoms with van der Waals surface area (Å²) in [7, 11) is 0. The number of benzene rings is 1. The van der Waals surface area contributed by atoms with Crippen molar-refractivity contribution in [1.29, 1.82) is 0 Å². The van der Waals surface area contributed by atoms with Gasteiger partial charge in [-0.2, -0.15) is 0 Å². The van der Waals surface area contributed by atoms with E-state index in [2.05, 4.69) is 9.47 Å². The first kappa shape index (κ1) is 14.7. The molecule has 0 aliphatic rings. The maximum absolute atomic E-state index is 10.6. The summed E-state index contributed by atoms with van der Waals surface area (Å²) < 4.78 is 9.05. The molecule has 0 heterocycles. The molecule has 4 nitrogen and oxygen atoms in total. The third-order valence-corrected chi connectivity index (χ3v) is 2.51. The molecule has 0 amide bonds. The van der Waals surface area contributed by atoms with Crippen molar-refractivity contribution >= 4 is 68.9 Å². The lowest BCUT2D eigenvalue weighted by molar-refractivity contribution is 0.224. The summed E-state index contributed by atoms with van der Waals surface area (Å²) in [6, 6.07) is 1.15. The Hall–Kier alpha value is -0.390. The van der Waals surface area contributed by atoms with E-state index in [1.54, 1.807) is 0 Å². The fourth-order valence-corrected chi connectivity index (χ4v) is 1.97. The quantitative estimate of drug-likeness (QED) is 0.702. The molecule has 1 rings (SSSR count). The van der Waals surface area contributed by atoms with Crippen LogP contribution in [0.3, 0.4) is 0 Å². The van der Waals surface area contributed by atoms with Gasteiger partial charge in [0.15, 0.2) is 11.5 Å². The van der Waals surface area contributed by atoms with E-state index in [1.807, 2.05) is 0 Å². The lowest BCUT2D eigenvalue weighted by Crippen LogP contribution is -2.02. The molecule has 0 aliphatic carbocycles. The molecule has 1 aromatic carbocycles. The van der Waals surface area contributed by atoms with E-state index in [0.717, 1.165) is 6.07 Å². The van der Waals surface area contributed by atoms with Crippen molar-refractivity contribution in [2.75, 3.05) is 0 Å². The fourth-order valence-electron chi connectivity index (χ4n) is 0.903.